The molecular formula is C12H13FN2O2S2. The number of nitrogens with zero attached hydrogens (tertiary/aromatic N) is 1. The predicted octanol–water partition coefficient (Wildman–Crippen LogP) is 2.38. The summed E-state index contributed by atoms with van der Waals surface area (Å²) in [5, 5.41) is 0.897. The zero-order valence-electron chi connectivity index (χ0n) is 10.5. The second-order valence-electron chi connectivity index (χ2n) is 4.02. The van der Waals surface area contributed by atoms with Gasteiger partial charge in [0, 0.05) is 11.4 Å². The first-order valence-corrected chi connectivity index (χ1v) is 7.86. The summed E-state index contributed by atoms with van der Waals surface area (Å²) in [6, 6.07) is 4.72. The number of aromatic nitrogens is 1. The van der Waals surface area contributed by atoms with Gasteiger partial charge in [-0.15, -0.1) is 11.3 Å². The highest BCUT2D eigenvalue weighted by Crippen LogP contribution is 2.18. The Morgan fingerprint density at radius 1 is 1.26 bits per heavy atom. The number of sulfonamides is 1. The van der Waals surface area contributed by atoms with Crippen molar-refractivity contribution in [2.75, 3.05) is 0 Å². The fourth-order valence-electron chi connectivity index (χ4n) is 1.60. The minimum absolute atomic E-state index is 0.0489. The maximum absolute atomic E-state index is 12.8. The van der Waals surface area contributed by atoms with Gasteiger partial charge in [0.05, 0.1) is 15.6 Å². The molecule has 2 aromatic rings. The van der Waals surface area contributed by atoms with Crippen LogP contribution in [0.3, 0.4) is 0 Å². The summed E-state index contributed by atoms with van der Waals surface area (Å²) >= 11 is 1.45. The first-order valence-electron chi connectivity index (χ1n) is 5.56. The highest BCUT2D eigenvalue weighted by Gasteiger charge is 2.15. The Hall–Kier alpha value is -1.31. The number of halogens is 1. The van der Waals surface area contributed by atoms with Gasteiger partial charge >= 0.3 is 0 Å². The van der Waals surface area contributed by atoms with Crippen molar-refractivity contribution in [2.24, 2.45) is 0 Å². The molecule has 0 saturated heterocycles. The van der Waals surface area contributed by atoms with E-state index in [0.29, 0.717) is 0 Å². The van der Waals surface area contributed by atoms with E-state index in [1.54, 1.807) is 0 Å². The van der Waals surface area contributed by atoms with Crippen LogP contribution in [0.2, 0.25) is 0 Å². The lowest BCUT2D eigenvalue weighted by molar-refractivity contribution is 0.580. The predicted molar refractivity (Wildman–Crippen MR) is 72.0 cm³/mol. The molecule has 7 heteroatoms. The lowest BCUT2D eigenvalue weighted by Crippen LogP contribution is -2.23. The van der Waals surface area contributed by atoms with Crippen LogP contribution in [0.1, 0.15) is 15.6 Å². The van der Waals surface area contributed by atoms with Crippen LogP contribution >= 0.6 is 11.3 Å². The molecule has 0 radical (unpaired) electrons. The molecule has 1 aromatic carbocycles. The summed E-state index contributed by atoms with van der Waals surface area (Å²) in [5.74, 6) is -0.465. The van der Waals surface area contributed by atoms with E-state index in [4.69, 9.17) is 0 Å². The molecule has 102 valence electrons. The van der Waals surface area contributed by atoms with Gasteiger partial charge in [-0.25, -0.2) is 22.5 Å². The summed E-state index contributed by atoms with van der Waals surface area (Å²) in [7, 11) is -3.62. The number of nitrogens with one attached hydrogen (secondary N) is 1. The van der Waals surface area contributed by atoms with Crippen molar-refractivity contribution in [3.05, 3.63) is 45.7 Å². The van der Waals surface area contributed by atoms with Gasteiger partial charge in [-0.2, -0.15) is 0 Å². The van der Waals surface area contributed by atoms with Gasteiger partial charge in [-0.05, 0) is 38.1 Å². The monoisotopic (exact) mass is 300 g/mol. The highest BCUT2D eigenvalue weighted by atomic mass is 32.2. The highest BCUT2D eigenvalue weighted by molar-refractivity contribution is 7.89. The molecular weight excluding hydrogens is 287 g/mol. The number of rotatable bonds is 4. The Morgan fingerprint density at radius 2 is 1.89 bits per heavy atom. The van der Waals surface area contributed by atoms with E-state index in [2.05, 4.69) is 9.71 Å². The van der Waals surface area contributed by atoms with Crippen LogP contribution in [0.5, 0.6) is 0 Å². The Bertz CT molecular complexity index is 678. The van der Waals surface area contributed by atoms with E-state index in [0.717, 1.165) is 27.7 Å². The summed E-state index contributed by atoms with van der Waals surface area (Å²) in [6.45, 7) is 3.90. The lowest BCUT2D eigenvalue weighted by atomic mass is 10.4. The quantitative estimate of drug-likeness (QED) is 0.943. The van der Waals surface area contributed by atoms with Gasteiger partial charge in [0.15, 0.2) is 0 Å². The molecule has 0 amide bonds. The molecule has 19 heavy (non-hydrogen) atoms. The van der Waals surface area contributed by atoms with Gasteiger partial charge < -0.3 is 0 Å². The molecule has 1 N–H and O–H groups in total. The number of hydrogen-bond donors (Lipinski definition) is 1. The number of thiazole rings is 1. The second kappa shape index (κ2) is 5.36. The second-order valence-corrected chi connectivity index (χ2v) is 7.07. The summed E-state index contributed by atoms with van der Waals surface area (Å²) in [6.07, 6.45) is 0. The van der Waals surface area contributed by atoms with Crippen molar-refractivity contribution >= 4 is 21.4 Å². The first kappa shape index (κ1) is 14.1. The third-order valence-electron chi connectivity index (χ3n) is 2.55. The van der Waals surface area contributed by atoms with Crippen molar-refractivity contribution in [2.45, 2.75) is 25.3 Å². The summed E-state index contributed by atoms with van der Waals surface area (Å²) in [5.41, 5.74) is 0.823. The van der Waals surface area contributed by atoms with E-state index in [-0.39, 0.29) is 11.4 Å². The van der Waals surface area contributed by atoms with Gasteiger partial charge in [0.25, 0.3) is 0 Å². The Kier molecular flexibility index (Phi) is 3.98. The third kappa shape index (κ3) is 3.37. The van der Waals surface area contributed by atoms with E-state index < -0.39 is 15.8 Å². The standard InChI is InChI=1S/C12H13FN2O2S2/c1-8-12(18-9(2)15-8)7-14-19(16,17)11-5-3-10(13)4-6-11/h3-6,14H,7H2,1-2H3. The van der Waals surface area contributed by atoms with Gasteiger partial charge in [-0.3, -0.25) is 0 Å². The van der Waals surface area contributed by atoms with Gasteiger partial charge in [0.2, 0.25) is 10.0 Å². The van der Waals surface area contributed by atoms with Crippen molar-refractivity contribution < 1.29 is 12.8 Å². The van der Waals surface area contributed by atoms with Crippen LogP contribution in [0.15, 0.2) is 29.2 Å². The molecule has 0 aliphatic rings. The van der Waals surface area contributed by atoms with Crippen LogP contribution in [0.4, 0.5) is 4.39 Å². The maximum Gasteiger partial charge on any atom is 0.240 e. The maximum atomic E-state index is 12.8. The molecule has 1 aromatic heterocycles. The Labute approximate surface area is 115 Å². The van der Waals surface area contributed by atoms with Crippen molar-refractivity contribution in [1.29, 1.82) is 0 Å². The Balaban J connectivity index is 2.14. The van der Waals surface area contributed by atoms with Crippen LogP contribution in [-0.2, 0) is 16.6 Å². The minimum Gasteiger partial charge on any atom is -0.247 e. The van der Waals surface area contributed by atoms with Gasteiger partial charge in [0.1, 0.15) is 5.82 Å². The fraction of sp³-hybridized carbons (Fsp3) is 0.250. The Morgan fingerprint density at radius 3 is 2.42 bits per heavy atom. The zero-order chi connectivity index (χ0) is 14.0. The third-order valence-corrected chi connectivity index (χ3v) is 5.04. The van der Waals surface area contributed by atoms with Crippen molar-refractivity contribution in [3.63, 3.8) is 0 Å². The van der Waals surface area contributed by atoms with E-state index in [9.17, 15) is 12.8 Å². The first-order chi connectivity index (χ1) is 8.88. The van der Waals surface area contributed by atoms with Crippen molar-refractivity contribution in [3.8, 4) is 0 Å². The molecule has 4 nitrogen and oxygen atoms in total. The molecule has 0 bridgehead atoms. The molecule has 0 saturated carbocycles. The summed E-state index contributed by atoms with van der Waals surface area (Å²) < 4.78 is 39.2. The van der Waals surface area contributed by atoms with E-state index >= 15 is 0 Å². The zero-order valence-corrected chi connectivity index (χ0v) is 12.1. The van der Waals surface area contributed by atoms with Gasteiger partial charge in [-0.1, -0.05) is 0 Å². The number of hydrogen-bond acceptors (Lipinski definition) is 4. The van der Waals surface area contributed by atoms with E-state index in [1.807, 2.05) is 13.8 Å². The molecule has 1 heterocycles. The molecule has 0 spiro atoms. The van der Waals surface area contributed by atoms with E-state index in [1.165, 1.54) is 23.5 Å². The molecule has 0 unspecified atom stereocenters. The minimum atomic E-state index is -3.62. The lowest BCUT2D eigenvalue weighted by Gasteiger charge is -2.05. The largest absolute Gasteiger partial charge is 0.247 e. The van der Waals surface area contributed by atoms with Crippen molar-refractivity contribution in [1.82, 2.24) is 9.71 Å². The summed E-state index contributed by atoms with van der Waals surface area (Å²) in [4.78, 5) is 5.16. The SMILES string of the molecule is Cc1nc(C)c(CNS(=O)(=O)c2ccc(F)cc2)s1. The fourth-order valence-corrected chi connectivity index (χ4v) is 3.56. The average Bonchev–Trinajstić information content (AvgIpc) is 2.66. The number of aryl methyl sites for hydroxylation is 2. The molecule has 0 atom stereocenters. The molecule has 0 aliphatic heterocycles. The molecule has 0 fully saturated rings. The molecule has 2 rings (SSSR count). The number of benzene rings is 1. The van der Waals surface area contributed by atoms with Crippen LogP contribution in [0.25, 0.3) is 0 Å². The van der Waals surface area contributed by atoms with Crippen LogP contribution in [0, 0.1) is 19.7 Å². The average molecular weight is 300 g/mol. The normalized spacial score (nSPS) is 11.7. The molecule has 0 aliphatic carbocycles. The topological polar surface area (TPSA) is 59.1 Å². The smallest absolute Gasteiger partial charge is 0.240 e. The van der Waals surface area contributed by atoms with Crippen LogP contribution in [-0.4, -0.2) is 13.4 Å². The van der Waals surface area contributed by atoms with Crippen LogP contribution < -0.4 is 4.72 Å².